The Hall–Kier alpha value is -0.730. The highest BCUT2D eigenvalue weighted by atomic mass is 16.5. The number of nitrogens with two attached hydrogens (primary N) is 1. The maximum Gasteiger partial charge on any atom is 0.282 e. The van der Waals surface area contributed by atoms with Crippen molar-refractivity contribution in [2.24, 2.45) is 10.7 Å². The summed E-state index contributed by atoms with van der Waals surface area (Å²) in [5.41, 5.74) is 5.44. The molecule has 0 fully saturated rings. The molecular formula is C9H18N2O. The molecule has 0 atom stereocenters. The second kappa shape index (κ2) is 3.78. The van der Waals surface area contributed by atoms with E-state index in [2.05, 4.69) is 18.8 Å². The lowest BCUT2D eigenvalue weighted by atomic mass is 9.93. The SMILES string of the molecule is CCCC1(CCC)CN=C(N)O1. The standard InChI is InChI=1S/C9H18N2O/c1-3-5-9(6-4-2)7-11-8(10)12-9/h3-7H2,1-2H3,(H2,10,11). The van der Waals surface area contributed by atoms with Crippen molar-refractivity contribution in [2.45, 2.75) is 45.1 Å². The van der Waals surface area contributed by atoms with Gasteiger partial charge >= 0.3 is 0 Å². The molecule has 0 saturated heterocycles. The summed E-state index contributed by atoms with van der Waals surface area (Å²) in [4.78, 5) is 4.10. The van der Waals surface area contributed by atoms with E-state index in [0.717, 1.165) is 32.2 Å². The van der Waals surface area contributed by atoms with Crippen LogP contribution in [-0.4, -0.2) is 18.2 Å². The highest BCUT2D eigenvalue weighted by Gasteiger charge is 2.35. The van der Waals surface area contributed by atoms with Crippen LogP contribution in [0.5, 0.6) is 0 Å². The number of hydrogen-bond donors (Lipinski definition) is 1. The Labute approximate surface area is 74.0 Å². The van der Waals surface area contributed by atoms with Gasteiger partial charge in [0.15, 0.2) is 0 Å². The summed E-state index contributed by atoms with van der Waals surface area (Å²) in [7, 11) is 0. The Morgan fingerprint density at radius 1 is 1.42 bits per heavy atom. The molecule has 0 aliphatic carbocycles. The lowest BCUT2D eigenvalue weighted by Crippen LogP contribution is -2.34. The predicted molar refractivity (Wildman–Crippen MR) is 50.1 cm³/mol. The first-order valence-corrected chi connectivity index (χ1v) is 4.71. The van der Waals surface area contributed by atoms with E-state index in [0.29, 0.717) is 6.02 Å². The summed E-state index contributed by atoms with van der Waals surface area (Å²) in [6.45, 7) is 5.07. The molecule has 12 heavy (non-hydrogen) atoms. The zero-order valence-corrected chi connectivity index (χ0v) is 7.97. The van der Waals surface area contributed by atoms with E-state index in [1.807, 2.05) is 0 Å². The third kappa shape index (κ3) is 1.90. The molecule has 1 aliphatic rings. The van der Waals surface area contributed by atoms with Crippen LogP contribution in [0, 0.1) is 0 Å². The van der Waals surface area contributed by atoms with Crippen molar-refractivity contribution in [2.75, 3.05) is 6.54 Å². The Morgan fingerprint density at radius 3 is 2.33 bits per heavy atom. The topological polar surface area (TPSA) is 47.6 Å². The molecule has 1 aliphatic heterocycles. The van der Waals surface area contributed by atoms with Crippen LogP contribution in [0.15, 0.2) is 4.99 Å². The predicted octanol–water partition coefficient (Wildman–Crippen LogP) is 1.67. The van der Waals surface area contributed by atoms with Gasteiger partial charge in [-0.3, -0.25) is 0 Å². The summed E-state index contributed by atoms with van der Waals surface area (Å²) in [6, 6.07) is 0.372. The van der Waals surface area contributed by atoms with Crippen molar-refractivity contribution in [3.8, 4) is 0 Å². The van der Waals surface area contributed by atoms with Gasteiger partial charge < -0.3 is 10.5 Å². The number of aliphatic imine (C=N–C) groups is 1. The average molecular weight is 170 g/mol. The lowest BCUT2D eigenvalue weighted by Gasteiger charge is -2.26. The minimum Gasteiger partial charge on any atom is -0.457 e. The average Bonchev–Trinajstić information content (AvgIpc) is 2.34. The van der Waals surface area contributed by atoms with Gasteiger partial charge in [0.25, 0.3) is 6.02 Å². The molecule has 0 aromatic rings. The Kier molecular flexibility index (Phi) is 2.95. The maximum absolute atomic E-state index is 5.56. The molecule has 2 N–H and O–H groups in total. The third-order valence-corrected chi connectivity index (χ3v) is 2.26. The summed E-state index contributed by atoms with van der Waals surface area (Å²) >= 11 is 0. The van der Waals surface area contributed by atoms with Crippen molar-refractivity contribution in [1.29, 1.82) is 0 Å². The second-order valence-electron chi connectivity index (χ2n) is 3.44. The number of hydrogen-bond acceptors (Lipinski definition) is 3. The van der Waals surface area contributed by atoms with Gasteiger partial charge in [-0.25, -0.2) is 4.99 Å². The van der Waals surface area contributed by atoms with Crippen LogP contribution in [0.3, 0.4) is 0 Å². The smallest absolute Gasteiger partial charge is 0.282 e. The van der Waals surface area contributed by atoms with E-state index in [9.17, 15) is 0 Å². The first-order valence-electron chi connectivity index (χ1n) is 4.71. The van der Waals surface area contributed by atoms with Crippen molar-refractivity contribution < 1.29 is 4.74 Å². The third-order valence-electron chi connectivity index (χ3n) is 2.26. The minimum absolute atomic E-state index is 0.0619. The van der Waals surface area contributed by atoms with Gasteiger partial charge in [0.2, 0.25) is 0 Å². The number of amidine groups is 1. The molecule has 0 unspecified atom stereocenters. The molecule has 0 bridgehead atoms. The van der Waals surface area contributed by atoms with Crippen molar-refractivity contribution in [1.82, 2.24) is 0 Å². The first kappa shape index (κ1) is 9.36. The molecule has 0 saturated carbocycles. The van der Waals surface area contributed by atoms with Crippen LogP contribution in [0.1, 0.15) is 39.5 Å². The maximum atomic E-state index is 5.56. The van der Waals surface area contributed by atoms with Crippen molar-refractivity contribution in [3.05, 3.63) is 0 Å². The van der Waals surface area contributed by atoms with Gasteiger partial charge in [0, 0.05) is 0 Å². The van der Waals surface area contributed by atoms with Gasteiger partial charge in [0.05, 0.1) is 6.54 Å². The minimum atomic E-state index is -0.0619. The highest BCUT2D eigenvalue weighted by molar-refractivity contribution is 5.73. The molecule has 0 amide bonds. The highest BCUT2D eigenvalue weighted by Crippen LogP contribution is 2.28. The van der Waals surface area contributed by atoms with Crippen LogP contribution < -0.4 is 5.73 Å². The Bertz CT molecular complexity index is 171. The van der Waals surface area contributed by atoms with Crippen LogP contribution in [0.25, 0.3) is 0 Å². The fourth-order valence-electron chi connectivity index (χ4n) is 1.80. The van der Waals surface area contributed by atoms with E-state index in [1.54, 1.807) is 0 Å². The Balaban J connectivity index is 2.51. The molecule has 70 valence electrons. The van der Waals surface area contributed by atoms with Gasteiger partial charge in [-0.15, -0.1) is 0 Å². The van der Waals surface area contributed by atoms with E-state index in [-0.39, 0.29) is 5.60 Å². The van der Waals surface area contributed by atoms with E-state index < -0.39 is 0 Å². The molecule has 3 heteroatoms. The summed E-state index contributed by atoms with van der Waals surface area (Å²) in [5.74, 6) is 0. The summed E-state index contributed by atoms with van der Waals surface area (Å²) in [6.07, 6.45) is 4.38. The van der Waals surface area contributed by atoms with E-state index in [4.69, 9.17) is 10.5 Å². The fourth-order valence-corrected chi connectivity index (χ4v) is 1.80. The zero-order valence-electron chi connectivity index (χ0n) is 7.97. The van der Waals surface area contributed by atoms with Crippen LogP contribution >= 0.6 is 0 Å². The number of rotatable bonds is 4. The van der Waals surface area contributed by atoms with Crippen molar-refractivity contribution >= 4 is 6.02 Å². The molecule has 3 nitrogen and oxygen atoms in total. The van der Waals surface area contributed by atoms with Gasteiger partial charge in [0.1, 0.15) is 5.60 Å². The van der Waals surface area contributed by atoms with E-state index in [1.165, 1.54) is 0 Å². The number of nitrogens with zero attached hydrogens (tertiary/aromatic N) is 1. The van der Waals surface area contributed by atoms with Crippen LogP contribution in [0.2, 0.25) is 0 Å². The fraction of sp³-hybridized carbons (Fsp3) is 0.889. The van der Waals surface area contributed by atoms with Gasteiger partial charge in [-0.05, 0) is 12.8 Å². The first-order chi connectivity index (χ1) is 5.72. The largest absolute Gasteiger partial charge is 0.457 e. The Morgan fingerprint density at radius 2 is 2.00 bits per heavy atom. The van der Waals surface area contributed by atoms with Crippen molar-refractivity contribution in [3.63, 3.8) is 0 Å². The molecule has 0 radical (unpaired) electrons. The summed E-state index contributed by atoms with van der Waals surface area (Å²) < 4.78 is 5.56. The molecule has 0 aromatic carbocycles. The van der Waals surface area contributed by atoms with E-state index >= 15 is 0 Å². The molecule has 0 aromatic heterocycles. The quantitative estimate of drug-likeness (QED) is 0.697. The normalized spacial score (nSPS) is 20.3. The van der Waals surface area contributed by atoms with Crippen LogP contribution in [-0.2, 0) is 4.74 Å². The van der Waals surface area contributed by atoms with Gasteiger partial charge in [-0.2, -0.15) is 0 Å². The van der Waals surface area contributed by atoms with Crippen LogP contribution in [0.4, 0.5) is 0 Å². The molecule has 0 spiro atoms. The summed E-state index contributed by atoms with van der Waals surface area (Å²) in [5, 5.41) is 0. The molecule has 1 heterocycles. The lowest BCUT2D eigenvalue weighted by molar-refractivity contribution is 0.0648. The monoisotopic (exact) mass is 170 g/mol. The number of ether oxygens (including phenoxy) is 1. The second-order valence-corrected chi connectivity index (χ2v) is 3.44. The molecular weight excluding hydrogens is 152 g/mol. The zero-order chi connectivity index (χ0) is 9.03. The molecule has 1 rings (SSSR count). The van der Waals surface area contributed by atoms with Gasteiger partial charge in [-0.1, -0.05) is 26.7 Å².